The number of para-hydroxylation sites is 1. The first-order chi connectivity index (χ1) is 12.1. The minimum Gasteiger partial charge on any atom is -0.545 e. The monoisotopic (exact) mass is 351 g/mol. The third-order valence-corrected chi connectivity index (χ3v) is 4.59. The van der Waals surface area contributed by atoms with Crippen LogP contribution in [0.3, 0.4) is 0 Å². The van der Waals surface area contributed by atoms with Crippen LogP contribution in [0.4, 0.5) is 5.69 Å². The number of nitrogens with zero attached hydrogens (tertiary/aromatic N) is 1. The average molecular weight is 351 g/mol. The number of amidine groups is 1. The third kappa shape index (κ3) is 3.97. The van der Waals surface area contributed by atoms with E-state index in [4.69, 9.17) is 0 Å². The number of aromatic carboxylic acids is 1. The number of amides is 1. The average Bonchev–Trinajstić information content (AvgIpc) is 2.95. The summed E-state index contributed by atoms with van der Waals surface area (Å²) in [4.78, 5) is 28.0. The van der Waals surface area contributed by atoms with E-state index in [0.29, 0.717) is 10.1 Å². The molecule has 5 nitrogen and oxygen atoms in total. The van der Waals surface area contributed by atoms with Gasteiger partial charge in [0.05, 0.1) is 16.6 Å². The standard InChI is InChI=1S/C19H16N2O3S/c1-2-12-7-9-13(10-8-12)11-16-17(22)21-19(25-16)20-15-6-4-3-5-14(15)18(23)24/h3-11H,2H2,1H3,(H,23,24)(H,20,21,22)/p-1/b16-11-. The summed E-state index contributed by atoms with van der Waals surface area (Å²) in [5.74, 6) is -1.56. The van der Waals surface area contributed by atoms with Crippen LogP contribution in [0.1, 0.15) is 28.4 Å². The first-order valence-electron chi connectivity index (χ1n) is 7.75. The predicted octanol–water partition coefficient (Wildman–Crippen LogP) is 2.50. The van der Waals surface area contributed by atoms with Crippen molar-refractivity contribution in [2.45, 2.75) is 13.3 Å². The number of hydrogen-bond acceptors (Lipinski definition) is 5. The molecule has 0 atom stereocenters. The number of rotatable bonds is 4. The largest absolute Gasteiger partial charge is 0.545 e. The Labute approximate surface area is 149 Å². The lowest BCUT2D eigenvalue weighted by Crippen LogP contribution is -2.23. The lowest BCUT2D eigenvalue weighted by atomic mass is 10.1. The fraction of sp³-hybridized carbons (Fsp3) is 0.105. The van der Waals surface area contributed by atoms with Crippen molar-refractivity contribution in [2.24, 2.45) is 4.99 Å². The van der Waals surface area contributed by atoms with Gasteiger partial charge in [0.15, 0.2) is 5.17 Å². The van der Waals surface area contributed by atoms with Crippen molar-refractivity contribution in [1.82, 2.24) is 5.32 Å². The lowest BCUT2D eigenvalue weighted by Gasteiger charge is -2.06. The first-order valence-corrected chi connectivity index (χ1v) is 8.57. The van der Waals surface area contributed by atoms with Crippen molar-refractivity contribution >= 4 is 40.6 Å². The molecule has 0 unspecified atom stereocenters. The number of carboxylic acids is 1. The van der Waals surface area contributed by atoms with Gasteiger partial charge >= 0.3 is 0 Å². The number of aryl methyl sites for hydroxylation is 1. The number of hydrogen-bond donors (Lipinski definition) is 1. The van der Waals surface area contributed by atoms with Crippen LogP contribution in [0, 0.1) is 0 Å². The van der Waals surface area contributed by atoms with Gasteiger partial charge < -0.3 is 15.2 Å². The summed E-state index contributed by atoms with van der Waals surface area (Å²) in [6.45, 7) is 2.08. The molecule has 1 fully saturated rings. The molecule has 2 aromatic rings. The van der Waals surface area contributed by atoms with Crippen molar-refractivity contribution in [1.29, 1.82) is 0 Å². The van der Waals surface area contributed by atoms with Crippen LogP contribution < -0.4 is 10.4 Å². The number of carbonyl (C=O) groups excluding carboxylic acids is 2. The van der Waals surface area contributed by atoms with Crippen LogP contribution in [0.2, 0.25) is 0 Å². The molecular formula is C19H15N2O3S-. The van der Waals surface area contributed by atoms with Gasteiger partial charge in [-0.05, 0) is 41.5 Å². The molecule has 0 radical (unpaired) electrons. The molecule has 0 bridgehead atoms. The highest BCUT2D eigenvalue weighted by molar-refractivity contribution is 8.18. The van der Waals surface area contributed by atoms with Crippen molar-refractivity contribution in [3.8, 4) is 0 Å². The summed E-state index contributed by atoms with van der Waals surface area (Å²) in [6, 6.07) is 14.2. The van der Waals surface area contributed by atoms with E-state index in [0.717, 1.165) is 12.0 Å². The molecule has 25 heavy (non-hydrogen) atoms. The Hall–Kier alpha value is -2.86. The highest BCUT2D eigenvalue weighted by atomic mass is 32.2. The SMILES string of the molecule is CCc1ccc(/C=C2\SC(=Nc3ccccc3C(=O)[O-])NC2=O)cc1. The second kappa shape index (κ2) is 7.36. The minimum absolute atomic E-state index is 0.0163. The molecule has 0 saturated carbocycles. The van der Waals surface area contributed by atoms with Gasteiger partial charge in [0.2, 0.25) is 0 Å². The van der Waals surface area contributed by atoms with Crippen molar-refractivity contribution in [2.75, 3.05) is 0 Å². The molecule has 1 heterocycles. The molecule has 1 saturated heterocycles. The zero-order valence-corrected chi connectivity index (χ0v) is 14.3. The van der Waals surface area contributed by atoms with Crippen LogP contribution in [-0.4, -0.2) is 17.0 Å². The third-order valence-electron chi connectivity index (χ3n) is 3.68. The Bertz CT molecular complexity index is 886. The van der Waals surface area contributed by atoms with Gasteiger partial charge in [-0.2, -0.15) is 0 Å². The zero-order valence-electron chi connectivity index (χ0n) is 13.5. The molecule has 126 valence electrons. The summed E-state index contributed by atoms with van der Waals surface area (Å²) in [6.07, 6.45) is 2.74. The zero-order chi connectivity index (χ0) is 17.8. The van der Waals surface area contributed by atoms with Crippen molar-refractivity contribution in [3.05, 3.63) is 70.1 Å². The van der Waals surface area contributed by atoms with E-state index in [1.807, 2.05) is 24.3 Å². The Morgan fingerprint density at radius 1 is 1.20 bits per heavy atom. The van der Waals surface area contributed by atoms with Crippen LogP contribution in [-0.2, 0) is 11.2 Å². The summed E-state index contributed by atoms with van der Waals surface area (Å²) >= 11 is 1.18. The second-order valence-corrected chi connectivity index (χ2v) is 6.41. The van der Waals surface area contributed by atoms with E-state index in [9.17, 15) is 14.7 Å². The molecule has 0 aromatic heterocycles. The van der Waals surface area contributed by atoms with Gasteiger partial charge in [0.25, 0.3) is 5.91 Å². The maximum absolute atomic E-state index is 12.1. The first kappa shape index (κ1) is 17.0. The van der Waals surface area contributed by atoms with Gasteiger partial charge in [0, 0.05) is 5.56 Å². The number of benzene rings is 2. The minimum atomic E-state index is -1.30. The smallest absolute Gasteiger partial charge is 0.264 e. The Morgan fingerprint density at radius 3 is 2.60 bits per heavy atom. The fourth-order valence-electron chi connectivity index (χ4n) is 2.33. The fourth-order valence-corrected chi connectivity index (χ4v) is 3.17. The number of thioether (sulfide) groups is 1. The molecule has 1 N–H and O–H groups in total. The maximum atomic E-state index is 12.1. The van der Waals surface area contributed by atoms with E-state index in [2.05, 4.69) is 17.2 Å². The van der Waals surface area contributed by atoms with E-state index in [1.165, 1.54) is 23.4 Å². The van der Waals surface area contributed by atoms with Crippen LogP contribution in [0.25, 0.3) is 6.08 Å². The second-order valence-electron chi connectivity index (χ2n) is 5.38. The topological polar surface area (TPSA) is 81.6 Å². The predicted molar refractivity (Wildman–Crippen MR) is 97.4 cm³/mol. The highest BCUT2D eigenvalue weighted by Crippen LogP contribution is 2.29. The van der Waals surface area contributed by atoms with Gasteiger partial charge in [-0.15, -0.1) is 0 Å². The van der Waals surface area contributed by atoms with Gasteiger partial charge in [-0.1, -0.05) is 49.4 Å². The highest BCUT2D eigenvalue weighted by Gasteiger charge is 2.24. The summed E-state index contributed by atoms with van der Waals surface area (Å²) in [7, 11) is 0. The number of carbonyl (C=O) groups is 2. The quantitative estimate of drug-likeness (QED) is 0.858. The molecule has 0 aliphatic carbocycles. The Morgan fingerprint density at radius 2 is 1.92 bits per heavy atom. The number of aliphatic imine (C=N–C) groups is 1. The summed E-state index contributed by atoms with van der Waals surface area (Å²) < 4.78 is 0. The van der Waals surface area contributed by atoms with E-state index < -0.39 is 5.97 Å². The van der Waals surface area contributed by atoms with Crippen molar-refractivity contribution in [3.63, 3.8) is 0 Å². The van der Waals surface area contributed by atoms with E-state index >= 15 is 0 Å². The number of carboxylic acid groups (broad SMARTS) is 1. The van der Waals surface area contributed by atoms with Gasteiger partial charge in [0.1, 0.15) is 0 Å². The van der Waals surface area contributed by atoms with Crippen molar-refractivity contribution < 1.29 is 14.7 Å². The van der Waals surface area contributed by atoms with Gasteiger partial charge in [-0.25, -0.2) is 4.99 Å². The molecule has 0 spiro atoms. The van der Waals surface area contributed by atoms with Crippen LogP contribution in [0.5, 0.6) is 0 Å². The van der Waals surface area contributed by atoms with E-state index in [-0.39, 0.29) is 17.2 Å². The summed E-state index contributed by atoms with van der Waals surface area (Å²) in [5, 5.41) is 14.1. The molecule has 1 aliphatic heterocycles. The molecule has 1 aliphatic rings. The van der Waals surface area contributed by atoms with Crippen LogP contribution in [0.15, 0.2) is 58.4 Å². The molecule has 2 aromatic carbocycles. The Kier molecular flexibility index (Phi) is 5.00. The summed E-state index contributed by atoms with van der Waals surface area (Å²) in [5.41, 5.74) is 2.38. The van der Waals surface area contributed by atoms with Crippen LogP contribution >= 0.6 is 11.8 Å². The molecule has 1 amide bonds. The van der Waals surface area contributed by atoms with E-state index in [1.54, 1.807) is 24.3 Å². The molecule has 3 rings (SSSR count). The normalized spacial score (nSPS) is 17.1. The molecular weight excluding hydrogens is 336 g/mol. The number of nitrogens with one attached hydrogen (secondary N) is 1. The molecule has 6 heteroatoms. The Balaban J connectivity index is 1.85. The van der Waals surface area contributed by atoms with Gasteiger partial charge in [-0.3, -0.25) is 4.79 Å². The maximum Gasteiger partial charge on any atom is 0.264 e. The lowest BCUT2D eigenvalue weighted by molar-refractivity contribution is -0.254.